The third-order valence-corrected chi connectivity index (χ3v) is 4.02. The van der Waals surface area contributed by atoms with Gasteiger partial charge in [-0.2, -0.15) is 5.26 Å². The summed E-state index contributed by atoms with van der Waals surface area (Å²) in [5, 5.41) is 15.2. The van der Waals surface area contributed by atoms with Crippen molar-refractivity contribution in [1.82, 2.24) is 10.6 Å². The largest absolute Gasteiger partial charge is 0.354 e. The highest BCUT2D eigenvalue weighted by molar-refractivity contribution is 7.90. The van der Waals surface area contributed by atoms with Crippen LogP contribution in [0.1, 0.15) is 24.5 Å². The third kappa shape index (κ3) is 7.09. The van der Waals surface area contributed by atoms with E-state index in [4.69, 9.17) is 5.26 Å². The molecule has 6 nitrogen and oxygen atoms in total. The number of nitrogens with one attached hydrogen (secondary N) is 2. The number of nitriles is 1. The number of benzene rings is 1. The van der Waals surface area contributed by atoms with Gasteiger partial charge in [-0.1, -0.05) is 12.1 Å². The summed E-state index contributed by atoms with van der Waals surface area (Å²) in [5.74, 6) is 0.742. The molecule has 1 rings (SSSR count). The normalized spacial score (nSPS) is 13.3. The summed E-state index contributed by atoms with van der Waals surface area (Å²) in [7, 11) is -1.30. The molecule has 0 saturated carbocycles. The van der Waals surface area contributed by atoms with Crippen molar-refractivity contribution in [1.29, 1.82) is 5.26 Å². The molecule has 0 heterocycles. The molecule has 0 radical (unpaired) electrons. The summed E-state index contributed by atoms with van der Waals surface area (Å²) in [6, 6.07) is 9.42. The van der Waals surface area contributed by atoms with Gasteiger partial charge in [0.05, 0.1) is 17.4 Å². The molecule has 1 unspecified atom stereocenters. The van der Waals surface area contributed by atoms with Gasteiger partial charge in [-0.25, -0.2) is 8.42 Å². The standard InChI is InChI=1S/C15H22N4O2S/c1-12(7-8-22(3,20)21)19-15(17-2)18-11-14-6-4-5-13(9-14)10-16/h4-6,9,12H,7-8,11H2,1-3H3,(H2,17,18,19). The minimum Gasteiger partial charge on any atom is -0.354 e. The highest BCUT2D eigenvalue weighted by Gasteiger charge is 2.09. The Labute approximate surface area is 132 Å². The molecule has 0 aliphatic carbocycles. The quantitative estimate of drug-likeness (QED) is 0.603. The van der Waals surface area contributed by atoms with Crippen LogP contribution in [-0.4, -0.2) is 39.5 Å². The summed E-state index contributed by atoms with van der Waals surface area (Å²) in [5.41, 5.74) is 1.59. The highest BCUT2D eigenvalue weighted by atomic mass is 32.2. The summed E-state index contributed by atoms with van der Waals surface area (Å²) in [6.45, 7) is 2.45. The van der Waals surface area contributed by atoms with E-state index in [-0.39, 0.29) is 11.8 Å². The van der Waals surface area contributed by atoms with E-state index in [0.717, 1.165) is 5.56 Å². The fourth-order valence-electron chi connectivity index (χ4n) is 1.83. The average molecular weight is 322 g/mol. The maximum Gasteiger partial charge on any atom is 0.191 e. The SMILES string of the molecule is CN=C(NCc1cccc(C#N)c1)NC(C)CCS(C)(=O)=O. The number of sulfone groups is 1. The number of hydrogen-bond acceptors (Lipinski definition) is 4. The van der Waals surface area contributed by atoms with Gasteiger partial charge in [0.15, 0.2) is 5.96 Å². The first-order valence-corrected chi connectivity index (χ1v) is 9.04. The molecule has 0 bridgehead atoms. The van der Waals surface area contributed by atoms with Crippen LogP contribution in [0.4, 0.5) is 0 Å². The molecule has 0 aromatic heterocycles. The molecule has 22 heavy (non-hydrogen) atoms. The van der Waals surface area contributed by atoms with Crippen molar-refractivity contribution in [3.8, 4) is 6.07 Å². The molecular weight excluding hydrogens is 300 g/mol. The van der Waals surface area contributed by atoms with Crippen LogP contribution in [-0.2, 0) is 16.4 Å². The topological polar surface area (TPSA) is 94.3 Å². The number of rotatable bonds is 6. The van der Waals surface area contributed by atoms with Crippen molar-refractivity contribution in [2.45, 2.75) is 25.9 Å². The van der Waals surface area contributed by atoms with Gasteiger partial charge >= 0.3 is 0 Å². The van der Waals surface area contributed by atoms with Gasteiger partial charge in [0.1, 0.15) is 9.84 Å². The van der Waals surface area contributed by atoms with Crippen LogP contribution in [0.2, 0.25) is 0 Å². The van der Waals surface area contributed by atoms with E-state index in [0.29, 0.717) is 24.5 Å². The van der Waals surface area contributed by atoms with E-state index in [1.165, 1.54) is 6.26 Å². The van der Waals surface area contributed by atoms with Gasteiger partial charge in [0, 0.05) is 25.9 Å². The van der Waals surface area contributed by atoms with E-state index in [1.807, 2.05) is 25.1 Å². The lowest BCUT2D eigenvalue weighted by molar-refractivity contribution is 0.581. The van der Waals surface area contributed by atoms with E-state index < -0.39 is 9.84 Å². The Bertz CT molecular complexity index is 662. The Morgan fingerprint density at radius 3 is 2.77 bits per heavy atom. The van der Waals surface area contributed by atoms with Gasteiger partial charge in [-0.3, -0.25) is 4.99 Å². The number of nitrogens with zero attached hydrogens (tertiary/aromatic N) is 2. The maximum absolute atomic E-state index is 11.2. The molecule has 0 fully saturated rings. The van der Waals surface area contributed by atoms with E-state index in [2.05, 4.69) is 21.7 Å². The van der Waals surface area contributed by atoms with Gasteiger partial charge in [-0.05, 0) is 31.0 Å². The van der Waals surface area contributed by atoms with Crippen LogP contribution in [0.25, 0.3) is 0 Å². The molecule has 1 aromatic rings. The van der Waals surface area contributed by atoms with Crippen molar-refractivity contribution in [2.24, 2.45) is 4.99 Å². The van der Waals surface area contributed by atoms with E-state index in [9.17, 15) is 8.42 Å². The first-order chi connectivity index (χ1) is 10.3. The Kier molecular flexibility index (Phi) is 6.86. The van der Waals surface area contributed by atoms with Crippen molar-refractivity contribution in [2.75, 3.05) is 19.1 Å². The van der Waals surface area contributed by atoms with E-state index in [1.54, 1.807) is 13.1 Å². The monoisotopic (exact) mass is 322 g/mol. The summed E-state index contributed by atoms with van der Waals surface area (Å²) < 4.78 is 22.3. The zero-order valence-electron chi connectivity index (χ0n) is 13.1. The Morgan fingerprint density at radius 1 is 1.45 bits per heavy atom. The molecule has 0 aliphatic rings. The Hall–Kier alpha value is -2.07. The minimum absolute atomic E-state index is 0.00799. The molecule has 0 aliphatic heterocycles. The van der Waals surface area contributed by atoms with Crippen LogP contribution in [0, 0.1) is 11.3 Å². The Balaban J connectivity index is 2.50. The van der Waals surface area contributed by atoms with Crippen LogP contribution >= 0.6 is 0 Å². The lowest BCUT2D eigenvalue weighted by Crippen LogP contribution is -2.42. The van der Waals surface area contributed by atoms with Crippen LogP contribution in [0.5, 0.6) is 0 Å². The highest BCUT2D eigenvalue weighted by Crippen LogP contribution is 2.03. The summed E-state index contributed by atoms with van der Waals surface area (Å²) in [6.07, 6.45) is 1.75. The molecule has 0 saturated heterocycles. The van der Waals surface area contributed by atoms with E-state index >= 15 is 0 Å². The predicted molar refractivity (Wildman–Crippen MR) is 88.3 cm³/mol. The van der Waals surface area contributed by atoms with Gasteiger partial charge in [-0.15, -0.1) is 0 Å². The zero-order valence-corrected chi connectivity index (χ0v) is 13.9. The lowest BCUT2D eigenvalue weighted by atomic mass is 10.1. The number of aliphatic imine (C=N–C) groups is 1. The smallest absolute Gasteiger partial charge is 0.191 e. The molecule has 0 spiro atoms. The number of hydrogen-bond donors (Lipinski definition) is 2. The fourth-order valence-corrected chi connectivity index (χ4v) is 2.61. The Morgan fingerprint density at radius 2 is 2.18 bits per heavy atom. The third-order valence-electron chi connectivity index (χ3n) is 3.04. The maximum atomic E-state index is 11.2. The second-order valence-corrected chi connectivity index (χ2v) is 7.46. The minimum atomic E-state index is -2.96. The second kappa shape index (κ2) is 8.39. The molecule has 0 amide bonds. The van der Waals surface area contributed by atoms with Crippen LogP contribution in [0.15, 0.2) is 29.3 Å². The van der Waals surface area contributed by atoms with Crippen molar-refractivity contribution in [3.05, 3.63) is 35.4 Å². The average Bonchev–Trinajstić information content (AvgIpc) is 2.48. The predicted octanol–water partition coefficient (Wildman–Crippen LogP) is 1.05. The molecule has 1 atom stereocenters. The first-order valence-electron chi connectivity index (χ1n) is 6.98. The van der Waals surface area contributed by atoms with Crippen molar-refractivity contribution in [3.63, 3.8) is 0 Å². The van der Waals surface area contributed by atoms with Crippen LogP contribution < -0.4 is 10.6 Å². The van der Waals surface area contributed by atoms with Gasteiger partial charge < -0.3 is 10.6 Å². The van der Waals surface area contributed by atoms with Gasteiger partial charge in [0.2, 0.25) is 0 Å². The molecule has 2 N–H and O–H groups in total. The van der Waals surface area contributed by atoms with Crippen LogP contribution in [0.3, 0.4) is 0 Å². The van der Waals surface area contributed by atoms with Gasteiger partial charge in [0.25, 0.3) is 0 Å². The molecular formula is C15H22N4O2S. The summed E-state index contributed by atoms with van der Waals surface area (Å²) >= 11 is 0. The fraction of sp³-hybridized carbons (Fsp3) is 0.467. The first kappa shape index (κ1) is 18.0. The molecule has 120 valence electrons. The molecule has 1 aromatic carbocycles. The number of guanidine groups is 1. The second-order valence-electron chi connectivity index (χ2n) is 5.20. The molecule has 7 heteroatoms. The van der Waals surface area contributed by atoms with Crippen molar-refractivity contribution >= 4 is 15.8 Å². The lowest BCUT2D eigenvalue weighted by Gasteiger charge is -2.17. The van der Waals surface area contributed by atoms with Crippen molar-refractivity contribution < 1.29 is 8.42 Å². The summed E-state index contributed by atoms with van der Waals surface area (Å²) in [4.78, 5) is 4.11. The zero-order chi connectivity index (χ0) is 16.6.